The van der Waals surface area contributed by atoms with E-state index >= 15 is 0 Å². The van der Waals surface area contributed by atoms with Gasteiger partial charge in [0.1, 0.15) is 0 Å². The van der Waals surface area contributed by atoms with Crippen molar-refractivity contribution in [1.82, 2.24) is 9.62 Å². The van der Waals surface area contributed by atoms with Crippen molar-refractivity contribution in [3.8, 4) is 0 Å². The molecule has 0 aromatic heterocycles. The minimum Gasteiger partial charge on any atom is -0.350 e. The van der Waals surface area contributed by atoms with Crippen molar-refractivity contribution in [3.63, 3.8) is 0 Å². The number of nitrogens with two attached hydrogens (primary N) is 1. The normalized spacial score (nSPS) is 16.1. The zero-order valence-electron chi connectivity index (χ0n) is 14.8. The SMILES string of the molecule is CC(C)(CN)NC(=O)Cc1ccc(S(=O)(=O)N2CCCCC2)cc1.Cl. The molecule has 0 unspecified atom stereocenters. The molecule has 6 nitrogen and oxygen atoms in total. The Labute approximate surface area is 156 Å². The second-order valence-electron chi connectivity index (χ2n) is 6.92. The summed E-state index contributed by atoms with van der Waals surface area (Å²) >= 11 is 0. The topological polar surface area (TPSA) is 92.5 Å². The Balaban J connectivity index is 0.00000312. The number of hydrogen-bond acceptors (Lipinski definition) is 4. The highest BCUT2D eigenvalue weighted by Crippen LogP contribution is 2.21. The maximum atomic E-state index is 12.6. The lowest BCUT2D eigenvalue weighted by molar-refractivity contribution is -0.121. The van der Waals surface area contributed by atoms with E-state index in [1.54, 1.807) is 28.6 Å². The molecule has 1 saturated heterocycles. The number of benzene rings is 1. The summed E-state index contributed by atoms with van der Waals surface area (Å²) in [7, 11) is -3.42. The monoisotopic (exact) mass is 389 g/mol. The fraction of sp³-hybridized carbons (Fsp3) is 0.588. The number of nitrogens with one attached hydrogen (secondary N) is 1. The smallest absolute Gasteiger partial charge is 0.243 e. The van der Waals surface area contributed by atoms with E-state index in [1.165, 1.54) is 0 Å². The third-order valence-electron chi connectivity index (χ3n) is 4.23. The number of piperidine rings is 1. The number of halogens is 1. The maximum absolute atomic E-state index is 12.6. The van der Waals surface area contributed by atoms with Crippen LogP contribution in [-0.4, -0.2) is 43.8 Å². The summed E-state index contributed by atoms with van der Waals surface area (Å²) < 4.78 is 26.7. The first-order valence-corrected chi connectivity index (χ1v) is 9.79. The molecule has 25 heavy (non-hydrogen) atoms. The van der Waals surface area contributed by atoms with Crippen LogP contribution in [0.2, 0.25) is 0 Å². The highest BCUT2D eigenvalue weighted by Gasteiger charge is 2.25. The van der Waals surface area contributed by atoms with Gasteiger partial charge in [-0.3, -0.25) is 4.79 Å². The Kier molecular flexibility index (Phi) is 7.87. The first-order chi connectivity index (χ1) is 11.2. The summed E-state index contributed by atoms with van der Waals surface area (Å²) in [5.41, 5.74) is 5.93. The van der Waals surface area contributed by atoms with Crippen molar-refractivity contribution in [2.24, 2.45) is 5.73 Å². The molecule has 1 heterocycles. The molecule has 0 spiro atoms. The second kappa shape index (κ2) is 8.98. The van der Waals surface area contributed by atoms with E-state index in [0.717, 1.165) is 24.8 Å². The number of nitrogens with zero attached hydrogens (tertiary/aromatic N) is 1. The second-order valence-corrected chi connectivity index (χ2v) is 8.86. The average molecular weight is 390 g/mol. The van der Waals surface area contributed by atoms with Crippen LogP contribution in [-0.2, 0) is 21.2 Å². The largest absolute Gasteiger partial charge is 0.350 e. The van der Waals surface area contributed by atoms with Gasteiger partial charge in [0.2, 0.25) is 15.9 Å². The van der Waals surface area contributed by atoms with Crippen molar-refractivity contribution in [2.45, 2.75) is 50.0 Å². The molecule has 8 heteroatoms. The summed E-state index contributed by atoms with van der Waals surface area (Å²) in [6.45, 7) is 5.24. The molecular weight excluding hydrogens is 362 g/mol. The van der Waals surface area contributed by atoms with E-state index in [2.05, 4.69) is 5.32 Å². The van der Waals surface area contributed by atoms with E-state index in [4.69, 9.17) is 5.73 Å². The summed E-state index contributed by atoms with van der Waals surface area (Å²) in [4.78, 5) is 12.3. The summed E-state index contributed by atoms with van der Waals surface area (Å²) in [6.07, 6.45) is 3.11. The number of rotatable bonds is 6. The molecule has 142 valence electrons. The third-order valence-corrected chi connectivity index (χ3v) is 6.14. The quantitative estimate of drug-likeness (QED) is 0.774. The number of sulfonamides is 1. The van der Waals surface area contributed by atoms with Crippen LogP contribution < -0.4 is 11.1 Å². The van der Waals surface area contributed by atoms with Gasteiger partial charge in [-0.2, -0.15) is 4.31 Å². The molecule has 0 atom stereocenters. The summed E-state index contributed by atoms with van der Waals surface area (Å²) in [5, 5.41) is 2.86. The summed E-state index contributed by atoms with van der Waals surface area (Å²) in [6, 6.07) is 6.57. The highest BCUT2D eigenvalue weighted by atomic mass is 35.5. The van der Waals surface area contributed by atoms with Crippen LogP contribution in [0.25, 0.3) is 0 Å². The fourth-order valence-corrected chi connectivity index (χ4v) is 4.21. The van der Waals surface area contributed by atoms with Gasteiger partial charge >= 0.3 is 0 Å². The predicted molar refractivity (Wildman–Crippen MR) is 101 cm³/mol. The van der Waals surface area contributed by atoms with Crippen molar-refractivity contribution in [1.29, 1.82) is 0 Å². The Bertz CT molecular complexity index is 669. The number of carbonyl (C=O) groups is 1. The average Bonchev–Trinajstić information content (AvgIpc) is 2.55. The van der Waals surface area contributed by atoms with Gasteiger partial charge in [0.15, 0.2) is 0 Å². The van der Waals surface area contributed by atoms with Crippen molar-refractivity contribution < 1.29 is 13.2 Å². The molecule has 1 aromatic rings. The van der Waals surface area contributed by atoms with Crippen LogP contribution in [0.3, 0.4) is 0 Å². The maximum Gasteiger partial charge on any atom is 0.243 e. The van der Waals surface area contributed by atoms with E-state index in [-0.39, 0.29) is 29.6 Å². The molecule has 1 amide bonds. The molecule has 0 saturated carbocycles. The highest BCUT2D eigenvalue weighted by molar-refractivity contribution is 7.89. The minimum absolute atomic E-state index is 0. The van der Waals surface area contributed by atoms with E-state index in [1.807, 2.05) is 13.8 Å². The van der Waals surface area contributed by atoms with Gasteiger partial charge in [-0.15, -0.1) is 12.4 Å². The Morgan fingerprint density at radius 2 is 1.72 bits per heavy atom. The minimum atomic E-state index is -3.42. The van der Waals surface area contributed by atoms with E-state index < -0.39 is 15.6 Å². The van der Waals surface area contributed by atoms with E-state index in [0.29, 0.717) is 19.6 Å². The number of carbonyl (C=O) groups excluding carboxylic acids is 1. The molecule has 0 radical (unpaired) electrons. The van der Waals surface area contributed by atoms with Crippen molar-refractivity contribution in [2.75, 3.05) is 19.6 Å². The van der Waals surface area contributed by atoms with Crippen molar-refractivity contribution in [3.05, 3.63) is 29.8 Å². The molecule has 1 aliphatic heterocycles. The van der Waals surface area contributed by atoms with Gasteiger partial charge in [-0.25, -0.2) is 8.42 Å². The van der Waals surface area contributed by atoms with Crippen LogP contribution >= 0.6 is 12.4 Å². The van der Waals surface area contributed by atoms with Gasteiger partial charge < -0.3 is 11.1 Å². The molecule has 1 fully saturated rings. The predicted octanol–water partition coefficient (Wildman–Crippen LogP) is 1.68. The van der Waals surface area contributed by atoms with Crippen LogP contribution in [0.4, 0.5) is 0 Å². The Hall–Kier alpha value is -1.15. The first-order valence-electron chi connectivity index (χ1n) is 8.35. The lowest BCUT2D eigenvalue weighted by atomic mass is 10.1. The lowest BCUT2D eigenvalue weighted by Gasteiger charge is -2.26. The Morgan fingerprint density at radius 3 is 2.24 bits per heavy atom. The number of amides is 1. The third kappa shape index (κ3) is 5.95. The molecule has 1 aromatic carbocycles. The summed E-state index contributed by atoms with van der Waals surface area (Å²) in [5.74, 6) is -0.128. The molecule has 1 aliphatic rings. The van der Waals surface area contributed by atoms with Crippen LogP contribution in [0.1, 0.15) is 38.7 Å². The molecular formula is C17H28ClN3O3S. The van der Waals surface area contributed by atoms with E-state index in [9.17, 15) is 13.2 Å². The fourth-order valence-electron chi connectivity index (χ4n) is 2.69. The van der Waals surface area contributed by atoms with Gasteiger partial charge in [0.25, 0.3) is 0 Å². The molecule has 2 rings (SSSR count). The Morgan fingerprint density at radius 1 is 1.16 bits per heavy atom. The zero-order chi connectivity index (χ0) is 17.8. The standard InChI is InChI=1S/C17H27N3O3S.ClH/c1-17(2,13-18)19-16(21)12-14-6-8-15(9-7-14)24(22,23)20-10-4-3-5-11-20;/h6-9H,3-5,10-13,18H2,1-2H3,(H,19,21);1H. The molecule has 0 bridgehead atoms. The first kappa shape index (κ1) is 21.9. The van der Waals surface area contributed by atoms with Gasteiger partial charge in [-0.1, -0.05) is 18.6 Å². The van der Waals surface area contributed by atoms with Gasteiger partial charge in [-0.05, 0) is 44.4 Å². The van der Waals surface area contributed by atoms with Crippen molar-refractivity contribution >= 4 is 28.3 Å². The van der Waals surface area contributed by atoms with Crippen LogP contribution in [0.5, 0.6) is 0 Å². The van der Waals surface area contributed by atoms with Gasteiger partial charge in [0.05, 0.1) is 11.3 Å². The van der Waals surface area contributed by atoms with Crippen LogP contribution in [0.15, 0.2) is 29.2 Å². The zero-order valence-corrected chi connectivity index (χ0v) is 16.5. The number of hydrogen-bond donors (Lipinski definition) is 2. The van der Waals surface area contributed by atoms with Gasteiger partial charge in [0, 0.05) is 25.2 Å². The molecule has 3 N–H and O–H groups in total. The lowest BCUT2D eigenvalue weighted by Crippen LogP contribution is -2.49. The van der Waals surface area contributed by atoms with Crippen LogP contribution in [0, 0.1) is 0 Å². The molecule has 0 aliphatic carbocycles.